The smallest absolute Gasteiger partial charge is 0.188 e. The summed E-state index contributed by atoms with van der Waals surface area (Å²) in [7, 11) is 0. The monoisotopic (exact) mass is 740 g/mol. The minimum atomic E-state index is -0.189. The molecular formula is C40H44N4O4S3. The highest BCUT2D eigenvalue weighted by Crippen LogP contribution is 2.52. The molecular weight excluding hydrogens is 697 g/mol. The van der Waals surface area contributed by atoms with Crippen molar-refractivity contribution in [1.82, 2.24) is 9.13 Å². The van der Waals surface area contributed by atoms with Crippen LogP contribution in [0.4, 0.5) is 10.0 Å². The van der Waals surface area contributed by atoms with Crippen LogP contribution in [0.25, 0.3) is 40.9 Å². The van der Waals surface area contributed by atoms with Gasteiger partial charge in [0.25, 0.3) is 0 Å². The zero-order valence-electron chi connectivity index (χ0n) is 29.8. The quantitative estimate of drug-likeness (QED) is 0.158. The summed E-state index contributed by atoms with van der Waals surface area (Å²) in [4.78, 5) is 63.0. The molecule has 0 N–H and O–H groups in total. The van der Waals surface area contributed by atoms with Crippen LogP contribution in [0.15, 0.2) is 22.1 Å². The number of Topliss-reactive ketones (excluding diaryl/α,β-unsaturated/α-hetero) is 4. The number of hydrogen-bond donors (Lipinski definition) is 0. The van der Waals surface area contributed by atoms with Gasteiger partial charge in [-0.15, -0.1) is 34.0 Å². The lowest BCUT2D eigenvalue weighted by atomic mass is 9.81. The van der Waals surface area contributed by atoms with E-state index in [0.717, 1.165) is 108 Å². The number of carbonyl (C=O) groups excluding carboxylic acids is 4. The molecule has 4 fully saturated rings. The van der Waals surface area contributed by atoms with Gasteiger partial charge in [0.1, 0.15) is 10.0 Å². The Morgan fingerprint density at radius 1 is 0.588 bits per heavy atom. The Morgan fingerprint density at radius 3 is 1.27 bits per heavy atom. The molecule has 266 valence electrons. The minimum Gasteiger partial charge on any atom is -0.337 e. The van der Waals surface area contributed by atoms with Crippen molar-refractivity contribution in [2.75, 3.05) is 0 Å². The highest BCUT2D eigenvalue weighted by atomic mass is 32.1. The summed E-state index contributed by atoms with van der Waals surface area (Å²) < 4.78 is 9.64. The van der Waals surface area contributed by atoms with Crippen molar-refractivity contribution in [3.8, 4) is 0 Å². The summed E-state index contributed by atoms with van der Waals surface area (Å²) >= 11 is 4.97. The third kappa shape index (κ3) is 5.15. The van der Waals surface area contributed by atoms with Crippen LogP contribution in [-0.2, 0) is 32.3 Å². The van der Waals surface area contributed by atoms with Crippen LogP contribution in [0.2, 0.25) is 0 Å². The van der Waals surface area contributed by atoms with Crippen molar-refractivity contribution >= 4 is 119 Å². The van der Waals surface area contributed by atoms with Crippen molar-refractivity contribution in [3.05, 3.63) is 12.1 Å². The summed E-state index contributed by atoms with van der Waals surface area (Å²) in [6.07, 6.45) is 9.28. The van der Waals surface area contributed by atoms with Crippen molar-refractivity contribution in [3.63, 3.8) is 0 Å². The summed E-state index contributed by atoms with van der Waals surface area (Å²) in [5.41, 5.74) is 5.02. The van der Waals surface area contributed by atoms with Crippen LogP contribution < -0.4 is 0 Å². The predicted molar refractivity (Wildman–Crippen MR) is 210 cm³/mol. The maximum Gasteiger partial charge on any atom is 0.188 e. The molecule has 5 aromatic heterocycles. The van der Waals surface area contributed by atoms with E-state index in [-0.39, 0.29) is 58.2 Å². The average molecular weight is 741 g/mol. The van der Waals surface area contributed by atoms with Gasteiger partial charge in [0, 0.05) is 36.8 Å². The number of aromatic nitrogens is 2. The lowest BCUT2D eigenvalue weighted by Gasteiger charge is -2.20. The van der Waals surface area contributed by atoms with E-state index >= 15 is 0 Å². The van der Waals surface area contributed by atoms with Crippen molar-refractivity contribution in [2.24, 2.45) is 45.5 Å². The van der Waals surface area contributed by atoms with E-state index in [9.17, 15) is 19.2 Å². The van der Waals surface area contributed by atoms with Gasteiger partial charge in [-0.1, -0.05) is 66.2 Å². The first-order valence-corrected chi connectivity index (χ1v) is 21.5. The second kappa shape index (κ2) is 12.7. The molecule has 5 heterocycles. The molecule has 8 nitrogen and oxygen atoms in total. The predicted octanol–water partition coefficient (Wildman–Crippen LogP) is 10.2. The molecule has 51 heavy (non-hydrogen) atoms. The Morgan fingerprint density at radius 2 is 0.941 bits per heavy atom. The number of aliphatic imine (C=N–C) groups is 2. The maximum atomic E-state index is 13.3. The number of carbonyl (C=O) groups is 4. The van der Waals surface area contributed by atoms with Crippen LogP contribution in [0.1, 0.15) is 91.9 Å². The Kier molecular flexibility index (Phi) is 8.35. The van der Waals surface area contributed by atoms with Crippen molar-refractivity contribution < 1.29 is 19.2 Å². The highest BCUT2D eigenvalue weighted by Gasteiger charge is 2.48. The Labute approximate surface area is 309 Å². The zero-order chi connectivity index (χ0) is 35.3. The Hall–Kier alpha value is -3.28. The minimum absolute atomic E-state index is 0.0597. The Balaban J connectivity index is 1.21. The van der Waals surface area contributed by atoms with E-state index in [2.05, 4.69) is 49.0 Å². The molecule has 11 heteroatoms. The van der Waals surface area contributed by atoms with E-state index in [1.165, 1.54) is 20.4 Å². The van der Waals surface area contributed by atoms with Gasteiger partial charge < -0.3 is 9.13 Å². The fourth-order valence-electron chi connectivity index (χ4n) is 9.20. The van der Waals surface area contributed by atoms with E-state index < -0.39 is 0 Å². The first-order valence-electron chi connectivity index (χ1n) is 19.0. The molecule has 0 aromatic carbocycles. The summed E-state index contributed by atoms with van der Waals surface area (Å²) in [6, 6.07) is 4.20. The zero-order valence-corrected chi connectivity index (χ0v) is 32.2. The number of nitrogens with zero attached hydrogens (tertiary/aromatic N) is 4. The lowest BCUT2D eigenvalue weighted by Crippen LogP contribution is -2.21. The molecule has 4 saturated carbocycles. The molecule has 0 radical (unpaired) electrons. The molecule has 0 spiro atoms. The third-order valence-electron chi connectivity index (χ3n) is 12.4. The standard InChI is InChI=1S/C40H44N4O4S3/c1-5-19(3)17-43-25-15-27(41-29-33(45)21-11-7-8-12-22(21)34(29)46)49-37(25)39-31(43)32-40(51-39)38-26(44(32)18-20(4)6-2)16-28(50-38)42-30-35(47)23-13-9-10-14-24(23)36(30)48/h15-16,19-24H,5-14,17-18H2,1-4H3. The van der Waals surface area contributed by atoms with E-state index in [1.807, 2.05) is 0 Å². The van der Waals surface area contributed by atoms with Crippen LogP contribution in [0.5, 0.6) is 0 Å². The summed E-state index contributed by atoms with van der Waals surface area (Å²) in [5, 5.41) is 1.45. The lowest BCUT2D eigenvalue weighted by molar-refractivity contribution is -0.120. The van der Waals surface area contributed by atoms with Gasteiger partial charge in [-0.25, -0.2) is 9.98 Å². The van der Waals surface area contributed by atoms with Gasteiger partial charge in [-0.3, -0.25) is 19.2 Å². The topological polar surface area (TPSA) is 103 Å². The fourth-order valence-corrected chi connectivity index (χ4v) is 12.9. The molecule has 4 aliphatic rings. The van der Waals surface area contributed by atoms with Gasteiger partial charge in [-0.05, 0) is 49.7 Å². The fraction of sp³-hybridized carbons (Fsp3) is 0.550. The number of ketones is 4. The molecule has 9 rings (SSSR count). The van der Waals surface area contributed by atoms with Crippen molar-refractivity contribution in [1.29, 1.82) is 0 Å². The third-order valence-corrected chi connectivity index (χ3v) is 16.0. The number of thiophene rings is 3. The second-order valence-electron chi connectivity index (χ2n) is 15.7. The van der Waals surface area contributed by atoms with E-state index in [4.69, 9.17) is 9.98 Å². The number of hydrogen-bond acceptors (Lipinski definition) is 9. The van der Waals surface area contributed by atoms with Gasteiger partial charge in [0.05, 0.1) is 40.9 Å². The largest absolute Gasteiger partial charge is 0.337 e. The van der Waals surface area contributed by atoms with E-state index in [0.29, 0.717) is 11.8 Å². The molecule has 0 aliphatic heterocycles. The molecule has 0 amide bonds. The summed E-state index contributed by atoms with van der Waals surface area (Å²) in [6.45, 7) is 10.7. The van der Waals surface area contributed by atoms with E-state index in [1.54, 1.807) is 34.0 Å². The number of rotatable bonds is 8. The summed E-state index contributed by atoms with van der Waals surface area (Å²) in [5.74, 6) is -0.102. The van der Waals surface area contributed by atoms with Crippen molar-refractivity contribution in [2.45, 2.75) is 105 Å². The van der Waals surface area contributed by atoms with Gasteiger partial charge in [0.2, 0.25) is 0 Å². The van der Waals surface area contributed by atoms with Crippen LogP contribution in [0, 0.1) is 35.5 Å². The first-order chi connectivity index (χ1) is 24.7. The van der Waals surface area contributed by atoms with Crippen LogP contribution in [0.3, 0.4) is 0 Å². The molecule has 4 aliphatic carbocycles. The molecule has 0 bridgehead atoms. The SMILES string of the molecule is CCC(C)Cn1c2cc(N=C3C(=O)C4CCCCC4C3=O)sc2c2sc3c4sc(N=C5C(=O)C6CCCCC6C5=O)cc4n(CC(C)CC)c3c21. The normalized spacial score (nSPS) is 25.3. The van der Waals surface area contributed by atoms with Gasteiger partial charge in [-0.2, -0.15) is 0 Å². The van der Waals surface area contributed by atoms with Gasteiger partial charge in [0.15, 0.2) is 34.6 Å². The second-order valence-corrected chi connectivity index (χ2v) is 18.8. The average Bonchev–Trinajstić information content (AvgIpc) is 3.99. The van der Waals surface area contributed by atoms with Gasteiger partial charge >= 0.3 is 0 Å². The molecule has 6 atom stereocenters. The van der Waals surface area contributed by atoms with Crippen LogP contribution in [-0.4, -0.2) is 43.7 Å². The molecule has 6 unspecified atom stereocenters. The molecule has 0 saturated heterocycles. The first kappa shape index (κ1) is 33.5. The maximum absolute atomic E-state index is 13.3. The highest BCUT2D eigenvalue weighted by molar-refractivity contribution is 7.35. The van der Waals surface area contributed by atoms with Crippen LogP contribution >= 0.6 is 34.0 Å². The Bertz CT molecular complexity index is 2150. The molecule has 5 aromatic rings. The number of fused-ring (bicyclic) bond motifs is 9.